The van der Waals surface area contributed by atoms with Gasteiger partial charge in [-0.1, -0.05) is 72.3 Å². The second-order valence-corrected chi connectivity index (χ2v) is 15.4. The second kappa shape index (κ2) is 23.9. The average molecular weight is 775 g/mol. The van der Waals surface area contributed by atoms with Gasteiger partial charge in [0.05, 0.1) is 38.1 Å². The standard InChI is InChI=1S/C40H70O14/c1-11-20(2)12-21(3)13-26(8)37(54-40-36(50)35(49)34(48)31(19-43)52-40)27(9)15-24(6)32(46)22(4)14-23(5)33(47)25(7)16-28(10)39(51)53-38(29(44)17-41)30(45)18-42/h13-16,20-22,25,27,29-38,40-50H,11-12,17-19H2,1-10H3/b23-14+,24-15+,26-13+,28-16+/t20-,21-,22-,25-,27+,29-,30-,31-,32+,33+,34-,35+,36+,37-,40+/m1/s1. The summed E-state index contributed by atoms with van der Waals surface area (Å²) in [7, 11) is 0. The number of rotatable bonds is 22. The Morgan fingerprint density at radius 2 is 1.20 bits per heavy atom. The van der Waals surface area contributed by atoms with Crippen molar-refractivity contribution in [1.29, 1.82) is 0 Å². The normalized spacial score (nSPS) is 27.8. The molecule has 0 amide bonds. The molecule has 1 rings (SSSR count). The molecule has 0 spiro atoms. The highest BCUT2D eigenvalue weighted by atomic mass is 16.7. The molecule has 14 heteroatoms. The van der Waals surface area contributed by atoms with Gasteiger partial charge in [0.25, 0.3) is 0 Å². The highest BCUT2D eigenvalue weighted by molar-refractivity contribution is 5.88. The van der Waals surface area contributed by atoms with Crippen LogP contribution in [0.3, 0.4) is 0 Å². The largest absolute Gasteiger partial charge is 0.453 e. The van der Waals surface area contributed by atoms with E-state index in [0.717, 1.165) is 18.4 Å². The molecule has 0 bridgehead atoms. The molecule has 0 saturated carbocycles. The highest BCUT2D eigenvalue weighted by Crippen LogP contribution is 2.30. The zero-order valence-electron chi connectivity index (χ0n) is 33.7. The fraction of sp³-hybridized carbons (Fsp3) is 0.775. The number of allylic oxidation sites excluding steroid dienone is 1. The van der Waals surface area contributed by atoms with Crippen LogP contribution in [0, 0.1) is 29.6 Å². The maximum absolute atomic E-state index is 12.7. The Morgan fingerprint density at radius 3 is 1.69 bits per heavy atom. The minimum atomic E-state index is -1.62. The van der Waals surface area contributed by atoms with Crippen LogP contribution in [0.5, 0.6) is 0 Å². The van der Waals surface area contributed by atoms with Crippen molar-refractivity contribution in [1.82, 2.24) is 0 Å². The molecule has 1 aliphatic rings. The molecular formula is C40H70O14. The van der Waals surface area contributed by atoms with Gasteiger partial charge < -0.3 is 65.3 Å². The maximum Gasteiger partial charge on any atom is 0.333 e. The van der Waals surface area contributed by atoms with Crippen LogP contribution in [0.1, 0.15) is 82.1 Å². The van der Waals surface area contributed by atoms with E-state index >= 15 is 0 Å². The SMILES string of the molecule is CC[C@@H](C)C[C@@H](C)/C=C(\C)[C@@H](O[C@@H]1O[C@H](CO)[C@@H](O)[C@H](O)[C@@H]1O)[C@@H](C)/C=C(\C)[C@@H](O)[C@H](C)/C=C(\C)[C@H](O)[C@H](C)/C=C(\C)C(=O)OC([C@H](O)CO)[C@H](O)CO. The number of esters is 1. The maximum atomic E-state index is 12.7. The van der Waals surface area contributed by atoms with Crippen molar-refractivity contribution in [3.05, 3.63) is 46.6 Å². The van der Waals surface area contributed by atoms with Crippen LogP contribution in [0.2, 0.25) is 0 Å². The quantitative estimate of drug-likeness (QED) is 0.0423. The number of ether oxygens (including phenoxy) is 3. The number of hydrogen-bond donors (Lipinski definition) is 10. The predicted octanol–water partition coefficient (Wildman–Crippen LogP) is 1.28. The van der Waals surface area contributed by atoms with E-state index < -0.39 is 105 Å². The first-order valence-corrected chi connectivity index (χ1v) is 19.0. The molecule has 54 heavy (non-hydrogen) atoms. The molecule has 314 valence electrons. The molecular weight excluding hydrogens is 704 g/mol. The van der Waals surface area contributed by atoms with Crippen molar-refractivity contribution in [2.75, 3.05) is 19.8 Å². The van der Waals surface area contributed by atoms with Gasteiger partial charge in [0.2, 0.25) is 0 Å². The first-order valence-electron chi connectivity index (χ1n) is 19.0. The molecule has 0 aromatic heterocycles. The number of aliphatic hydroxyl groups is 10. The van der Waals surface area contributed by atoms with Gasteiger partial charge in [-0.25, -0.2) is 4.79 Å². The van der Waals surface area contributed by atoms with Crippen molar-refractivity contribution >= 4 is 5.97 Å². The van der Waals surface area contributed by atoms with Crippen molar-refractivity contribution in [3.8, 4) is 0 Å². The minimum Gasteiger partial charge on any atom is -0.453 e. The molecule has 1 heterocycles. The monoisotopic (exact) mass is 774 g/mol. The van der Waals surface area contributed by atoms with Crippen LogP contribution in [0.4, 0.5) is 0 Å². The van der Waals surface area contributed by atoms with Crippen molar-refractivity contribution < 1.29 is 70.1 Å². The summed E-state index contributed by atoms with van der Waals surface area (Å²) < 4.78 is 17.1. The first kappa shape index (κ1) is 50.0. The van der Waals surface area contributed by atoms with Gasteiger partial charge in [0.1, 0.15) is 36.6 Å². The van der Waals surface area contributed by atoms with Crippen LogP contribution in [-0.2, 0) is 19.0 Å². The van der Waals surface area contributed by atoms with Gasteiger partial charge in [-0.3, -0.25) is 0 Å². The van der Waals surface area contributed by atoms with E-state index in [-0.39, 0.29) is 17.4 Å². The lowest BCUT2D eigenvalue weighted by molar-refractivity contribution is -0.310. The molecule has 1 fully saturated rings. The highest BCUT2D eigenvalue weighted by Gasteiger charge is 2.45. The van der Waals surface area contributed by atoms with Crippen LogP contribution in [0.15, 0.2) is 46.6 Å². The fourth-order valence-corrected chi connectivity index (χ4v) is 6.81. The topological polar surface area (TPSA) is 247 Å². The van der Waals surface area contributed by atoms with Gasteiger partial charge in [0.15, 0.2) is 12.4 Å². The van der Waals surface area contributed by atoms with Gasteiger partial charge in [-0.15, -0.1) is 0 Å². The Hall–Kier alpha value is -2.05. The third-order valence-electron chi connectivity index (χ3n) is 10.3. The Balaban J connectivity index is 3.25. The number of carbonyl (C=O) groups excluding carboxylic acids is 1. The summed E-state index contributed by atoms with van der Waals surface area (Å²) in [5.74, 6) is -1.67. The first-order chi connectivity index (χ1) is 25.1. The molecule has 14 nitrogen and oxygen atoms in total. The van der Waals surface area contributed by atoms with E-state index in [1.807, 2.05) is 19.9 Å². The molecule has 0 aliphatic carbocycles. The Morgan fingerprint density at radius 1 is 0.704 bits per heavy atom. The summed E-state index contributed by atoms with van der Waals surface area (Å²) >= 11 is 0. The summed E-state index contributed by atoms with van der Waals surface area (Å²) in [6.45, 7) is 16.3. The Kier molecular flexibility index (Phi) is 22.1. The van der Waals surface area contributed by atoms with E-state index in [2.05, 4.69) is 26.8 Å². The molecule has 10 N–H and O–H groups in total. The molecule has 1 saturated heterocycles. The lowest BCUT2D eigenvalue weighted by Gasteiger charge is -2.41. The molecule has 1 aliphatic heterocycles. The van der Waals surface area contributed by atoms with Gasteiger partial charge in [-0.2, -0.15) is 0 Å². The van der Waals surface area contributed by atoms with E-state index in [1.165, 1.54) is 13.0 Å². The summed E-state index contributed by atoms with van der Waals surface area (Å²) in [6.07, 6.45) is -5.62. The van der Waals surface area contributed by atoms with E-state index in [1.54, 1.807) is 33.8 Å². The summed E-state index contributed by atoms with van der Waals surface area (Å²) in [5, 5.41) is 102. The lowest BCUT2D eigenvalue weighted by atomic mass is 9.87. The van der Waals surface area contributed by atoms with E-state index in [0.29, 0.717) is 17.1 Å². The molecule has 15 atom stereocenters. The summed E-state index contributed by atoms with van der Waals surface area (Å²) in [4.78, 5) is 12.7. The molecule has 0 aromatic carbocycles. The van der Waals surface area contributed by atoms with Crippen molar-refractivity contribution in [2.45, 2.75) is 149 Å². The smallest absolute Gasteiger partial charge is 0.333 e. The van der Waals surface area contributed by atoms with Crippen LogP contribution in [-0.4, -0.2) is 144 Å². The zero-order valence-corrected chi connectivity index (χ0v) is 33.7. The van der Waals surface area contributed by atoms with Gasteiger partial charge in [-0.05, 0) is 62.7 Å². The van der Waals surface area contributed by atoms with E-state index in [4.69, 9.17) is 14.2 Å². The van der Waals surface area contributed by atoms with Crippen LogP contribution < -0.4 is 0 Å². The van der Waals surface area contributed by atoms with E-state index in [9.17, 15) is 55.9 Å². The van der Waals surface area contributed by atoms with Crippen molar-refractivity contribution in [2.24, 2.45) is 29.6 Å². The zero-order chi connectivity index (χ0) is 41.6. The Labute approximate surface area is 321 Å². The van der Waals surface area contributed by atoms with Crippen LogP contribution >= 0.6 is 0 Å². The summed E-state index contributed by atoms with van der Waals surface area (Å²) in [5.41, 5.74) is 2.03. The predicted molar refractivity (Wildman–Crippen MR) is 202 cm³/mol. The number of aliphatic hydroxyl groups excluding tert-OH is 10. The third kappa shape index (κ3) is 14.8. The van der Waals surface area contributed by atoms with Crippen molar-refractivity contribution in [3.63, 3.8) is 0 Å². The summed E-state index contributed by atoms with van der Waals surface area (Å²) in [6, 6.07) is 0. The van der Waals surface area contributed by atoms with Gasteiger partial charge >= 0.3 is 5.97 Å². The van der Waals surface area contributed by atoms with Gasteiger partial charge in [0, 0.05) is 23.3 Å². The Bertz CT molecular complexity index is 1240. The van der Waals surface area contributed by atoms with Crippen LogP contribution in [0.25, 0.3) is 0 Å². The average Bonchev–Trinajstić information content (AvgIpc) is 3.13. The third-order valence-corrected chi connectivity index (χ3v) is 10.3. The molecule has 0 aromatic rings. The molecule has 0 radical (unpaired) electrons. The second-order valence-electron chi connectivity index (χ2n) is 15.4. The molecule has 0 unspecified atom stereocenters. The fourth-order valence-electron chi connectivity index (χ4n) is 6.81. The number of hydrogen-bond acceptors (Lipinski definition) is 14. The number of carbonyl (C=O) groups is 1. The minimum absolute atomic E-state index is 0.0644. The lowest BCUT2D eigenvalue weighted by Crippen LogP contribution is -2.60.